The number of H-pyrrole nitrogens is 1. The molecular weight excluding hydrogens is 530 g/mol. The van der Waals surface area contributed by atoms with Crippen molar-refractivity contribution in [2.75, 3.05) is 25.0 Å². The molecule has 40 heavy (non-hydrogen) atoms. The minimum absolute atomic E-state index is 0.115. The van der Waals surface area contributed by atoms with Crippen molar-refractivity contribution < 1.29 is 19.1 Å². The van der Waals surface area contributed by atoms with Crippen molar-refractivity contribution in [3.8, 4) is 0 Å². The summed E-state index contributed by atoms with van der Waals surface area (Å²) < 4.78 is 5.25. The molecule has 1 atom stereocenters. The fourth-order valence-electron chi connectivity index (χ4n) is 4.27. The Morgan fingerprint density at radius 2 is 1.88 bits per heavy atom. The molecule has 4 aromatic rings. The molecule has 4 rings (SSSR count). The third-order valence-corrected chi connectivity index (χ3v) is 7.10. The van der Waals surface area contributed by atoms with Crippen LogP contribution in [0.1, 0.15) is 56.7 Å². The number of anilines is 1. The number of aromatic nitrogens is 4. The van der Waals surface area contributed by atoms with Gasteiger partial charge in [-0.25, -0.2) is 14.8 Å². The van der Waals surface area contributed by atoms with Crippen LogP contribution in [0.3, 0.4) is 0 Å². The van der Waals surface area contributed by atoms with Gasteiger partial charge in [0, 0.05) is 18.5 Å². The predicted molar refractivity (Wildman–Crippen MR) is 154 cm³/mol. The number of carbonyl (C=O) groups is 3. The predicted octanol–water partition coefficient (Wildman–Crippen LogP) is 3.56. The molecule has 210 valence electrons. The zero-order chi connectivity index (χ0) is 28.5. The Kier molecular flexibility index (Phi) is 9.79. The topological polar surface area (TPSA) is 151 Å². The van der Waals surface area contributed by atoms with E-state index >= 15 is 0 Å². The molecule has 12 heteroatoms. The molecule has 0 saturated carbocycles. The van der Waals surface area contributed by atoms with E-state index in [-0.39, 0.29) is 24.6 Å². The Labute approximate surface area is 236 Å². The van der Waals surface area contributed by atoms with Gasteiger partial charge >= 0.3 is 5.97 Å². The van der Waals surface area contributed by atoms with Crippen LogP contribution in [-0.2, 0) is 16.0 Å². The van der Waals surface area contributed by atoms with E-state index in [1.54, 1.807) is 31.4 Å². The third-order valence-electron chi connectivity index (χ3n) is 6.23. The average molecular weight is 564 g/mol. The summed E-state index contributed by atoms with van der Waals surface area (Å²) in [5.74, 6) is -1.04. The zero-order valence-electron chi connectivity index (χ0n) is 22.7. The molecule has 11 nitrogen and oxygen atoms in total. The van der Waals surface area contributed by atoms with E-state index < -0.39 is 17.9 Å². The normalized spacial score (nSPS) is 11.7. The van der Waals surface area contributed by atoms with Crippen LogP contribution in [0, 0.1) is 13.8 Å². The van der Waals surface area contributed by atoms with E-state index in [9.17, 15) is 14.4 Å². The van der Waals surface area contributed by atoms with E-state index in [1.807, 2.05) is 25.3 Å². The van der Waals surface area contributed by atoms with E-state index in [4.69, 9.17) is 4.74 Å². The lowest BCUT2D eigenvalue weighted by molar-refractivity contribution is -0.145. The first-order chi connectivity index (χ1) is 19.4. The second kappa shape index (κ2) is 13.7. The van der Waals surface area contributed by atoms with Gasteiger partial charge in [0.1, 0.15) is 6.04 Å². The Morgan fingerprint density at radius 1 is 1.07 bits per heavy atom. The molecule has 2 amide bonds. The van der Waals surface area contributed by atoms with Crippen molar-refractivity contribution in [1.82, 2.24) is 30.8 Å². The van der Waals surface area contributed by atoms with E-state index in [2.05, 4.69) is 42.2 Å². The monoisotopic (exact) mass is 563 g/mol. The van der Waals surface area contributed by atoms with Crippen LogP contribution >= 0.6 is 11.3 Å². The first-order valence-electron chi connectivity index (χ1n) is 13.2. The minimum Gasteiger partial charge on any atom is -0.464 e. The van der Waals surface area contributed by atoms with Crippen molar-refractivity contribution in [2.24, 2.45) is 0 Å². The van der Waals surface area contributed by atoms with Crippen LogP contribution in [0.5, 0.6) is 0 Å². The number of esters is 1. The van der Waals surface area contributed by atoms with Gasteiger partial charge in [-0.2, -0.15) is 5.10 Å². The number of aromatic amines is 1. The third kappa shape index (κ3) is 7.20. The van der Waals surface area contributed by atoms with Gasteiger partial charge in [0.25, 0.3) is 11.8 Å². The highest BCUT2D eigenvalue weighted by atomic mass is 32.1. The molecule has 4 N–H and O–H groups in total. The molecule has 0 aliphatic rings. The summed E-state index contributed by atoms with van der Waals surface area (Å²) in [7, 11) is 0. The summed E-state index contributed by atoms with van der Waals surface area (Å²) in [4.78, 5) is 47.7. The first-order valence-corrected chi connectivity index (χ1v) is 14.0. The van der Waals surface area contributed by atoms with Crippen LogP contribution < -0.4 is 16.0 Å². The van der Waals surface area contributed by atoms with Gasteiger partial charge in [-0.1, -0.05) is 25.1 Å². The SMILES string of the molecule is CCCOC(=O)C(CNC(=O)c1cccs1)NC(=O)c1c(C)nc(NCCCc2cccc3[nH]ncc23)nc1C. The van der Waals surface area contributed by atoms with Crippen LogP contribution in [0.2, 0.25) is 0 Å². The summed E-state index contributed by atoms with van der Waals surface area (Å²) in [6.45, 7) is 6.06. The van der Waals surface area contributed by atoms with Gasteiger partial charge < -0.3 is 20.7 Å². The highest BCUT2D eigenvalue weighted by Gasteiger charge is 2.26. The van der Waals surface area contributed by atoms with Gasteiger partial charge in [0.15, 0.2) is 0 Å². The molecule has 0 aliphatic heterocycles. The molecule has 0 bridgehead atoms. The molecule has 0 saturated heterocycles. The van der Waals surface area contributed by atoms with Gasteiger partial charge in [-0.05, 0) is 56.2 Å². The maximum absolute atomic E-state index is 13.2. The highest BCUT2D eigenvalue weighted by Crippen LogP contribution is 2.18. The van der Waals surface area contributed by atoms with Crippen molar-refractivity contribution >= 4 is 46.0 Å². The Bertz CT molecular complexity index is 1450. The number of hydrogen-bond acceptors (Lipinski definition) is 9. The van der Waals surface area contributed by atoms with Gasteiger partial charge in [0.05, 0.1) is 40.1 Å². The smallest absolute Gasteiger partial charge is 0.330 e. The van der Waals surface area contributed by atoms with Crippen LogP contribution in [0.4, 0.5) is 5.95 Å². The Balaban J connectivity index is 1.36. The average Bonchev–Trinajstić information content (AvgIpc) is 3.64. The van der Waals surface area contributed by atoms with Gasteiger partial charge in [-0.15, -0.1) is 11.3 Å². The number of amides is 2. The van der Waals surface area contributed by atoms with Crippen molar-refractivity contribution in [3.05, 3.63) is 69.3 Å². The molecule has 0 fully saturated rings. The number of carbonyl (C=O) groups excluding carboxylic acids is 3. The number of nitrogens with zero attached hydrogens (tertiary/aromatic N) is 3. The second-order valence-corrected chi connectivity index (χ2v) is 10.2. The van der Waals surface area contributed by atoms with Crippen LogP contribution in [0.25, 0.3) is 10.9 Å². The Hall–Kier alpha value is -4.32. The van der Waals surface area contributed by atoms with Crippen molar-refractivity contribution in [3.63, 3.8) is 0 Å². The highest BCUT2D eigenvalue weighted by molar-refractivity contribution is 7.12. The first kappa shape index (κ1) is 28.7. The fourth-order valence-corrected chi connectivity index (χ4v) is 4.91. The number of fused-ring (bicyclic) bond motifs is 1. The molecular formula is C28H33N7O4S. The summed E-state index contributed by atoms with van der Waals surface area (Å²) in [6.07, 6.45) is 4.19. The number of aryl methyl sites for hydroxylation is 3. The zero-order valence-corrected chi connectivity index (χ0v) is 23.6. The molecule has 1 unspecified atom stereocenters. The lowest BCUT2D eigenvalue weighted by Crippen LogP contribution is -2.49. The summed E-state index contributed by atoms with van der Waals surface area (Å²) in [6, 6.07) is 8.48. The van der Waals surface area contributed by atoms with Crippen LogP contribution in [0.15, 0.2) is 41.9 Å². The molecule has 0 aliphatic carbocycles. The van der Waals surface area contributed by atoms with Crippen LogP contribution in [-0.4, -0.2) is 63.7 Å². The number of hydrogen-bond donors (Lipinski definition) is 4. The van der Waals surface area contributed by atoms with Gasteiger partial charge in [-0.3, -0.25) is 14.7 Å². The van der Waals surface area contributed by atoms with E-state index in [0.717, 1.165) is 23.7 Å². The maximum Gasteiger partial charge on any atom is 0.330 e. The lowest BCUT2D eigenvalue weighted by Gasteiger charge is -2.19. The summed E-state index contributed by atoms with van der Waals surface area (Å²) in [5, 5.41) is 18.6. The number of benzene rings is 1. The Morgan fingerprint density at radius 3 is 2.60 bits per heavy atom. The minimum atomic E-state index is -1.07. The number of ether oxygens (including phenoxy) is 1. The summed E-state index contributed by atoms with van der Waals surface area (Å²) in [5.41, 5.74) is 3.44. The molecule has 0 radical (unpaired) electrons. The fraction of sp³-hybridized carbons (Fsp3) is 0.357. The van der Waals surface area contributed by atoms with Crippen molar-refractivity contribution in [1.29, 1.82) is 0 Å². The number of thiophene rings is 1. The molecule has 3 aromatic heterocycles. The van der Waals surface area contributed by atoms with E-state index in [1.165, 1.54) is 16.9 Å². The molecule has 3 heterocycles. The maximum atomic E-state index is 13.2. The van der Waals surface area contributed by atoms with Gasteiger partial charge in [0.2, 0.25) is 5.95 Å². The van der Waals surface area contributed by atoms with Crippen molar-refractivity contribution in [2.45, 2.75) is 46.1 Å². The largest absolute Gasteiger partial charge is 0.464 e. The number of rotatable bonds is 13. The van der Waals surface area contributed by atoms with E-state index in [0.29, 0.717) is 35.2 Å². The molecule has 1 aromatic carbocycles. The number of nitrogens with one attached hydrogen (secondary N) is 4. The summed E-state index contributed by atoms with van der Waals surface area (Å²) >= 11 is 1.29. The second-order valence-electron chi connectivity index (χ2n) is 9.25. The lowest BCUT2D eigenvalue weighted by atomic mass is 10.1. The quantitative estimate of drug-likeness (QED) is 0.142. The molecule has 0 spiro atoms. The standard InChI is InChI=1S/C28H33N7O4S/c1-4-13-39-27(38)22(16-30-25(36)23-11-7-14-40-23)34-26(37)24-17(2)32-28(33-18(24)3)29-12-6-9-19-8-5-10-21-20(19)15-31-35-21/h5,7-8,10-11,14-15,22H,4,6,9,12-13,16H2,1-3H3,(H,30,36)(H,31,35)(H,34,37)(H,29,32,33).